The highest BCUT2D eigenvalue weighted by molar-refractivity contribution is 5.53. The lowest BCUT2D eigenvalue weighted by atomic mass is 10.0. The zero-order chi connectivity index (χ0) is 16.5. The first-order valence-corrected chi connectivity index (χ1v) is 8.05. The molecule has 3 nitrogen and oxygen atoms in total. The van der Waals surface area contributed by atoms with Crippen LogP contribution in [0, 0.1) is 0 Å². The van der Waals surface area contributed by atoms with Gasteiger partial charge in [0.1, 0.15) is 0 Å². The van der Waals surface area contributed by atoms with Crippen LogP contribution in [0.2, 0.25) is 0 Å². The molecule has 1 N–H and O–H groups in total. The van der Waals surface area contributed by atoms with Crippen molar-refractivity contribution in [2.24, 2.45) is 0 Å². The van der Waals surface area contributed by atoms with E-state index in [-0.39, 0.29) is 12.7 Å². The van der Waals surface area contributed by atoms with Crippen LogP contribution in [0.1, 0.15) is 37.0 Å². The lowest BCUT2D eigenvalue weighted by molar-refractivity contribution is 0.0632. The Morgan fingerprint density at radius 1 is 1.22 bits per heavy atom. The van der Waals surface area contributed by atoms with E-state index in [1.54, 1.807) is 6.20 Å². The second-order valence-electron chi connectivity index (χ2n) is 5.90. The fourth-order valence-electron chi connectivity index (χ4n) is 2.34. The SMILES string of the molecule is CC(=Cc1ccc(Cc2cccnc2)cc1)COC(C)CCO. The number of rotatable bonds is 8. The Morgan fingerprint density at radius 3 is 2.65 bits per heavy atom. The van der Waals surface area contributed by atoms with Gasteiger partial charge in [0.25, 0.3) is 0 Å². The zero-order valence-corrected chi connectivity index (χ0v) is 13.9. The summed E-state index contributed by atoms with van der Waals surface area (Å²) in [4.78, 5) is 4.15. The van der Waals surface area contributed by atoms with Gasteiger partial charge in [0, 0.05) is 19.0 Å². The van der Waals surface area contributed by atoms with Crippen LogP contribution in [-0.4, -0.2) is 29.4 Å². The van der Waals surface area contributed by atoms with Gasteiger partial charge in [-0.15, -0.1) is 0 Å². The molecule has 3 heteroatoms. The maximum atomic E-state index is 8.87. The summed E-state index contributed by atoms with van der Waals surface area (Å²) < 4.78 is 5.68. The number of hydrogen-bond acceptors (Lipinski definition) is 3. The highest BCUT2D eigenvalue weighted by Gasteiger charge is 2.01. The number of aliphatic hydroxyl groups is 1. The van der Waals surface area contributed by atoms with E-state index in [4.69, 9.17) is 9.84 Å². The zero-order valence-electron chi connectivity index (χ0n) is 13.9. The minimum Gasteiger partial charge on any atom is -0.396 e. The molecule has 0 spiro atoms. The number of ether oxygens (including phenoxy) is 1. The molecule has 122 valence electrons. The summed E-state index contributed by atoms with van der Waals surface area (Å²) in [5, 5.41) is 8.87. The van der Waals surface area contributed by atoms with Crippen LogP contribution in [0.5, 0.6) is 0 Å². The molecule has 1 unspecified atom stereocenters. The molecule has 1 aromatic heterocycles. The van der Waals surface area contributed by atoms with Gasteiger partial charge in [-0.05, 0) is 55.0 Å². The van der Waals surface area contributed by atoms with Gasteiger partial charge >= 0.3 is 0 Å². The number of nitrogens with zero attached hydrogens (tertiary/aromatic N) is 1. The lowest BCUT2D eigenvalue weighted by Crippen LogP contribution is -2.11. The fraction of sp³-hybridized carbons (Fsp3) is 0.350. The predicted molar refractivity (Wildman–Crippen MR) is 94.3 cm³/mol. The van der Waals surface area contributed by atoms with E-state index in [0.29, 0.717) is 13.0 Å². The van der Waals surface area contributed by atoms with E-state index in [1.807, 2.05) is 19.2 Å². The van der Waals surface area contributed by atoms with E-state index in [2.05, 4.69) is 48.3 Å². The van der Waals surface area contributed by atoms with Crippen LogP contribution in [0.3, 0.4) is 0 Å². The maximum Gasteiger partial charge on any atom is 0.0680 e. The number of aromatic nitrogens is 1. The molecule has 0 amide bonds. The predicted octanol–water partition coefficient (Wildman–Crippen LogP) is 3.86. The monoisotopic (exact) mass is 311 g/mol. The average molecular weight is 311 g/mol. The molecule has 2 rings (SSSR count). The molecule has 23 heavy (non-hydrogen) atoms. The van der Waals surface area contributed by atoms with E-state index in [0.717, 1.165) is 6.42 Å². The molecule has 0 bridgehead atoms. The van der Waals surface area contributed by atoms with Crippen molar-refractivity contribution in [3.8, 4) is 0 Å². The average Bonchev–Trinajstić information content (AvgIpc) is 2.56. The van der Waals surface area contributed by atoms with Crippen molar-refractivity contribution in [3.05, 3.63) is 71.1 Å². The van der Waals surface area contributed by atoms with E-state index < -0.39 is 0 Å². The lowest BCUT2D eigenvalue weighted by Gasteiger charge is -2.11. The highest BCUT2D eigenvalue weighted by atomic mass is 16.5. The molecule has 1 heterocycles. The summed E-state index contributed by atoms with van der Waals surface area (Å²) in [6, 6.07) is 12.6. The molecule has 0 saturated heterocycles. The summed E-state index contributed by atoms with van der Waals surface area (Å²) in [5.41, 5.74) is 4.85. The summed E-state index contributed by atoms with van der Waals surface area (Å²) >= 11 is 0. The van der Waals surface area contributed by atoms with Gasteiger partial charge in [0.2, 0.25) is 0 Å². The number of benzene rings is 1. The Balaban J connectivity index is 1.90. The molecule has 1 atom stereocenters. The van der Waals surface area contributed by atoms with Gasteiger partial charge in [0.05, 0.1) is 12.7 Å². The molecule has 0 aliphatic rings. The van der Waals surface area contributed by atoms with Crippen molar-refractivity contribution in [2.45, 2.75) is 32.8 Å². The largest absolute Gasteiger partial charge is 0.396 e. The topological polar surface area (TPSA) is 42.4 Å². The third kappa shape index (κ3) is 6.35. The van der Waals surface area contributed by atoms with Crippen molar-refractivity contribution in [1.82, 2.24) is 4.98 Å². The summed E-state index contributed by atoms with van der Waals surface area (Å²) in [7, 11) is 0. The molecule has 0 saturated carbocycles. The van der Waals surface area contributed by atoms with Crippen molar-refractivity contribution in [3.63, 3.8) is 0 Å². The Bertz CT molecular complexity index is 605. The molecule has 0 radical (unpaired) electrons. The summed E-state index contributed by atoms with van der Waals surface area (Å²) in [6.07, 6.45) is 7.51. The molecule has 0 aliphatic heterocycles. The first-order valence-electron chi connectivity index (χ1n) is 8.05. The minimum absolute atomic E-state index is 0.0882. The molecule has 0 aliphatic carbocycles. The van der Waals surface area contributed by atoms with E-state index >= 15 is 0 Å². The maximum absolute atomic E-state index is 8.87. The third-order valence-electron chi connectivity index (χ3n) is 3.65. The van der Waals surface area contributed by atoms with E-state index in [1.165, 1.54) is 22.3 Å². The van der Waals surface area contributed by atoms with E-state index in [9.17, 15) is 0 Å². The van der Waals surface area contributed by atoms with Crippen LogP contribution in [-0.2, 0) is 11.2 Å². The second-order valence-corrected chi connectivity index (χ2v) is 5.90. The van der Waals surface area contributed by atoms with Gasteiger partial charge in [-0.1, -0.05) is 36.4 Å². The summed E-state index contributed by atoms with van der Waals surface area (Å²) in [6.45, 7) is 4.81. The Kier molecular flexibility index (Phi) is 6.98. The Hall–Kier alpha value is -1.97. The first kappa shape index (κ1) is 17.4. The van der Waals surface area contributed by atoms with Gasteiger partial charge < -0.3 is 9.84 Å². The van der Waals surface area contributed by atoms with Gasteiger partial charge in [-0.25, -0.2) is 0 Å². The molecule has 0 fully saturated rings. The highest BCUT2D eigenvalue weighted by Crippen LogP contribution is 2.13. The summed E-state index contributed by atoms with van der Waals surface area (Å²) in [5.74, 6) is 0. The second kappa shape index (κ2) is 9.23. The van der Waals surface area contributed by atoms with Crippen molar-refractivity contribution in [2.75, 3.05) is 13.2 Å². The normalized spacial score (nSPS) is 13.1. The fourth-order valence-corrected chi connectivity index (χ4v) is 2.34. The Morgan fingerprint density at radius 2 is 2.00 bits per heavy atom. The van der Waals surface area contributed by atoms with Crippen LogP contribution in [0.25, 0.3) is 6.08 Å². The molecular formula is C20H25NO2. The quantitative estimate of drug-likeness (QED) is 0.805. The molecule has 2 aromatic rings. The standard InChI is InChI=1S/C20H25NO2/c1-16(15-23-17(2)9-11-22)12-18-5-7-19(8-6-18)13-20-4-3-10-21-14-20/h3-8,10,12,14,17,22H,9,11,13,15H2,1-2H3. The van der Waals surface area contributed by atoms with Gasteiger partial charge in [-0.3, -0.25) is 4.98 Å². The minimum atomic E-state index is 0.0882. The first-order chi connectivity index (χ1) is 11.2. The van der Waals surface area contributed by atoms with Crippen molar-refractivity contribution in [1.29, 1.82) is 0 Å². The third-order valence-corrected chi connectivity index (χ3v) is 3.65. The van der Waals surface area contributed by atoms with Crippen LogP contribution >= 0.6 is 0 Å². The van der Waals surface area contributed by atoms with Crippen LogP contribution < -0.4 is 0 Å². The van der Waals surface area contributed by atoms with Crippen LogP contribution in [0.15, 0.2) is 54.4 Å². The molecular weight excluding hydrogens is 286 g/mol. The number of pyridine rings is 1. The van der Waals surface area contributed by atoms with Gasteiger partial charge in [0.15, 0.2) is 0 Å². The molecule has 1 aromatic carbocycles. The number of aliphatic hydroxyl groups excluding tert-OH is 1. The van der Waals surface area contributed by atoms with Gasteiger partial charge in [-0.2, -0.15) is 0 Å². The van der Waals surface area contributed by atoms with Crippen molar-refractivity contribution >= 4 is 6.08 Å². The Labute approximate surface area is 138 Å². The smallest absolute Gasteiger partial charge is 0.0680 e. The van der Waals surface area contributed by atoms with Crippen LogP contribution in [0.4, 0.5) is 0 Å². The van der Waals surface area contributed by atoms with Crippen molar-refractivity contribution < 1.29 is 9.84 Å². The number of hydrogen-bond donors (Lipinski definition) is 1.